The first kappa shape index (κ1) is 64.1. The maximum Gasteiger partial charge on any atom is 0.306 e. The van der Waals surface area contributed by atoms with E-state index in [0.29, 0.717) is 19.3 Å². The van der Waals surface area contributed by atoms with Crippen molar-refractivity contribution in [3.05, 3.63) is 60.8 Å². The zero-order chi connectivity index (χ0) is 48.6. The number of esters is 3. The van der Waals surface area contributed by atoms with Crippen LogP contribution >= 0.6 is 0 Å². The average Bonchev–Trinajstić information content (AvgIpc) is 3.33. The van der Waals surface area contributed by atoms with Crippen molar-refractivity contribution in [2.45, 2.75) is 297 Å². The van der Waals surface area contributed by atoms with Crippen molar-refractivity contribution >= 4 is 17.9 Å². The van der Waals surface area contributed by atoms with Crippen LogP contribution in [0.4, 0.5) is 0 Å². The molecule has 0 saturated carbocycles. The molecule has 0 aliphatic heterocycles. The van der Waals surface area contributed by atoms with Crippen molar-refractivity contribution in [2.24, 2.45) is 0 Å². The first-order chi connectivity index (χ1) is 33.0. The minimum atomic E-state index is -0.788. The van der Waals surface area contributed by atoms with Crippen LogP contribution in [0.1, 0.15) is 290 Å². The van der Waals surface area contributed by atoms with Crippen molar-refractivity contribution in [1.29, 1.82) is 0 Å². The van der Waals surface area contributed by atoms with E-state index < -0.39 is 6.10 Å². The van der Waals surface area contributed by atoms with Crippen LogP contribution in [-0.4, -0.2) is 37.2 Å². The molecule has 0 aliphatic rings. The molecule has 0 aromatic carbocycles. The SMILES string of the molecule is CC/C=C\C/C=C\C/C=C\C/C=C\C/C=C\CCCCCC(=O)O[C@@H](COC(=O)CCCCCCCCCCCCCCC)COC(=O)CCCCCCCCCCCCCCCCCCC. The Balaban J connectivity index is 4.40. The van der Waals surface area contributed by atoms with Gasteiger partial charge in [0.2, 0.25) is 0 Å². The summed E-state index contributed by atoms with van der Waals surface area (Å²) in [4.78, 5) is 38.1. The van der Waals surface area contributed by atoms with Crippen molar-refractivity contribution < 1.29 is 28.6 Å². The van der Waals surface area contributed by atoms with Crippen LogP contribution in [0.5, 0.6) is 0 Å². The second kappa shape index (κ2) is 55.7. The monoisotopic (exact) mass is 937 g/mol. The molecule has 0 unspecified atom stereocenters. The molecule has 6 heteroatoms. The largest absolute Gasteiger partial charge is 0.462 e. The summed E-state index contributed by atoms with van der Waals surface area (Å²) in [5.74, 6) is -0.902. The average molecular weight is 938 g/mol. The lowest BCUT2D eigenvalue weighted by molar-refractivity contribution is -0.167. The molecule has 0 spiro atoms. The Morgan fingerprint density at radius 2 is 0.582 bits per heavy atom. The van der Waals surface area contributed by atoms with Gasteiger partial charge in [0, 0.05) is 19.3 Å². The van der Waals surface area contributed by atoms with Crippen LogP contribution in [0.2, 0.25) is 0 Å². The van der Waals surface area contributed by atoms with Crippen molar-refractivity contribution in [3.63, 3.8) is 0 Å². The Morgan fingerprint density at radius 1 is 0.313 bits per heavy atom. The highest BCUT2D eigenvalue weighted by Gasteiger charge is 2.19. The zero-order valence-electron chi connectivity index (χ0n) is 44.4. The second-order valence-corrected chi connectivity index (χ2v) is 19.2. The van der Waals surface area contributed by atoms with Gasteiger partial charge >= 0.3 is 17.9 Å². The first-order valence-corrected chi connectivity index (χ1v) is 28.8. The van der Waals surface area contributed by atoms with Crippen LogP contribution < -0.4 is 0 Å². The number of allylic oxidation sites excluding steroid dienone is 10. The molecule has 0 fully saturated rings. The summed E-state index contributed by atoms with van der Waals surface area (Å²) in [5.41, 5.74) is 0. The molecule has 0 N–H and O–H groups in total. The summed E-state index contributed by atoms with van der Waals surface area (Å²) >= 11 is 0. The van der Waals surface area contributed by atoms with Gasteiger partial charge in [0.05, 0.1) is 0 Å². The summed E-state index contributed by atoms with van der Waals surface area (Å²) < 4.78 is 16.8. The topological polar surface area (TPSA) is 78.9 Å². The van der Waals surface area contributed by atoms with Gasteiger partial charge in [-0.3, -0.25) is 14.4 Å². The molecule has 0 aromatic rings. The molecule has 0 rings (SSSR count). The van der Waals surface area contributed by atoms with E-state index in [1.165, 1.54) is 154 Å². The molecule has 6 nitrogen and oxygen atoms in total. The highest BCUT2D eigenvalue weighted by molar-refractivity contribution is 5.71. The maximum atomic E-state index is 12.8. The van der Waals surface area contributed by atoms with E-state index in [2.05, 4.69) is 81.5 Å². The highest BCUT2D eigenvalue weighted by atomic mass is 16.6. The van der Waals surface area contributed by atoms with Gasteiger partial charge in [0.25, 0.3) is 0 Å². The van der Waals surface area contributed by atoms with E-state index in [4.69, 9.17) is 14.2 Å². The van der Waals surface area contributed by atoms with Gasteiger partial charge < -0.3 is 14.2 Å². The number of carbonyl (C=O) groups excluding carboxylic acids is 3. The minimum Gasteiger partial charge on any atom is -0.462 e. The van der Waals surface area contributed by atoms with Gasteiger partial charge in [0.1, 0.15) is 13.2 Å². The Bertz CT molecular complexity index is 1210. The minimum absolute atomic E-state index is 0.0837. The molecular formula is C61H108O6. The maximum absolute atomic E-state index is 12.8. The summed E-state index contributed by atoms with van der Waals surface area (Å²) in [6, 6.07) is 0. The van der Waals surface area contributed by atoms with Crippen LogP contribution in [0.25, 0.3) is 0 Å². The van der Waals surface area contributed by atoms with E-state index >= 15 is 0 Å². The Morgan fingerprint density at radius 3 is 0.910 bits per heavy atom. The highest BCUT2D eigenvalue weighted by Crippen LogP contribution is 2.16. The fourth-order valence-corrected chi connectivity index (χ4v) is 8.24. The van der Waals surface area contributed by atoms with Gasteiger partial charge in [-0.05, 0) is 64.2 Å². The molecule has 0 aromatic heterocycles. The van der Waals surface area contributed by atoms with Gasteiger partial charge in [-0.15, -0.1) is 0 Å². The predicted octanol–water partition coefficient (Wildman–Crippen LogP) is 19.2. The normalized spacial score (nSPS) is 12.5. The third-order valence-electron chi connectivity index (χ3n) is 12.5. The van der Waals surface area contributed by atoms with E-state index in [0.717, 1.165) is 96.3 Å². The third-order valence-corrected chi connectivity index (χ3v) is 12.5. The van der Waals surface area contributed by atoms with Crippen LogP contribution in [0, 0.1) is 0 Å². The number of unbranched alkanes of at least 4 members (excludes halogenated alkanes) is 31. The molecule has 1 atom stereocenters. The number of hydrogen-bond donors (Lipinski definition) is 0. The number of hydrogen-bond acceptors (Lipinski definition) is 6. The molecule has 0 amide bonds. The molecule has 67 heavy (non-hydrogen) atoms. The number of carbonyl (C=O) groups is 3. The molecule has 0 radical (unpaired) electrons. The first-order valence-electron chi connectivity index (χ1n) is 28.8. The van der Waals surface area contributed by atoms with Crippen molar-refractivity contribution in [2.75, 3.05) is 13.2 Å². The third kappa shape index (κ3) is 53.9. The van der Waals surface area contributed by atoms with E-state index in [1.807, 2.05) is 0 Å². The van der Waals surface area contributed by atoms with Gasteiger partial charge in [-0.2, -0.15) is 0 Å². The number of ether oxygens (including phenoxy) is 3. The van der Waals surface area contributed by atoms with E-state index in [1.54, 1.807) is 0 Å². The smallest absolute Gasteiger partial charge is 0.306 e. The van der Waals surface area contributed by atoms with E-state index in [9.17, 15) is 14.4 Å². The van der Waals surface area contributed by atoms with Gasteiger partial charge in [-0.1, -0.05) is 268 Å². The lowest BCUT2D eigenvalue weighted by Gasteiger charge is -2.18. The Hall–Kier alpha value is -2.89. The quantitative estimate of drug-likeness (QED) is 0.0262. The van der Waals surface area contributed by atoms with Crippen LogP contribution in [-0.2, 0) is 28.6 Å². The van der Waals surface area contributed by atoms with Crippen LogP contribution in [0.15, 0.2) is 60.8 Å². The lowest BCUT2D eigenvalue weighted by atomic mass is 10.0. The second-order valence-electron chi connectivity index (χ2n) is 19.2. The van der Waals surface area contributed by atoms with Crippen molar-refractivity contribution in [3.8, 4) is 0 Å². The fraction of sp³-hybridized carbons (Fsp3) is 0.787. The standard InChI is InChI=1S/C61H108O6/c1-4-7-10-13-16-19-22-25-27-29-30-32-34-37-40-43-46-49-52-55-61(64)67-58(56-65-59(62)53-50-47-44-41-38-35-24-21-18-15-12-9-6-3)57-66-60(63)54-51-48-45-42-39-36-33-31-28-26-23-20-17-14-11-8-5-2/h7,10,16,19,25,27,30,32,37,40,58H,4-6,8-9,11-15,17-18,20-24,26,28-29,31,33-36,38-39,41-57H2,1-3H3/b10-7-,19-16-,27-25-,32-30-,40-37-/t58-/m0/s1. The van der Waals surface area contributed by atoms with Gasteiger partial charge in [-0.25, -0.2) is 0 Å². The molecular weight excluding hydrogens is 829 g/mol. The predicted molar refractivity (Wildman–Crippen MR) is 288 cm³/mol. The summed E-state index contributed by atoms with van der Waals surface area (Å²) in [5, 5.41) is 0. The zero-order valence-corrected chi connectivity index (χ0v) is 44.4. The fourth-order valence-electron chi connectivity index (χ4n) is 8.24. The molecule has 0 heterocycles. The summed E-state index contributed by atoms with van der Waals surface area (Å²) in [7, 11) is 0. The van der Waals surface area contributed by atoms with E-state index in [-0.39, 0.29) is 31.1 Å². The van der Waals surface area contributed by atoms with Crippen LogP contribution in [0.3, 0.4) is 0 Å². The summed E-state index contributed by atoms with van der Waals surface area (Å²) in [6.45, 7) is 6.53. The number of rotatable bonds is 52. The van der Waals surface area contributed by atoms with Crippen molar-refractivity contribution in [1.82, 2.24) is 0 Å². The Labute approximate surface area is 415 Å². The molecule has 388 valence electrons. The van der Waals surface area contributed by atoms with Gasteiger partial charge in [0.15, 0.2) is 6.10 Å². The molecule has 0 aliphatic carbocycles. The Kier molecular flexibility index (Phi) is 53.3. The molecule has 0 bridgehead atoms. The lowest BCUT2D eigenvalue weighted by Crippen LogP contribution is -2.30. The summed E-state index contributed by atoms with van der Waals surface area (Å²) in [6.07, 6.45) is 69.2. The molecule has 0 saturated heterocycles.